The zero-order valence-electron chi connectivity index (χ0n) is 14.9. The first-order valence-electron chi connectivity index (χ1n) is 8.76. The Morgan fingerprint density at radius 1 is 1.15 bits per heavy atom. The zero-order chi connectivity index (χ0) is 18.9. The van der Waals surface area contributed by atoms with Crippen molar-refractivity contribution in [2.45, 2.75) is 18.5 Å². The number of nitrogens with zero attached hydrogens (tertiary/aromatic N) is 5. The van der Waals surface area contributed by atoms with Crippen LogP contribution in [0.15, 0.2) is 43.0 Å². The van der Waals surface area contributed by atoms with E-state index in [9.17, 15) is 9.18 Å². The molecule has 0 atom stereocenters. The van der Waals surface area contributed by atoms with Gasteiger partial charge in [0.2, 0.25) is 0 Å². The van der Waals surface area contributed by atoms with Crippen LogP contribution in [0.25, 0.3) is 22.3 Å². The van der Waals surface area contributed by atoms with Gasteiger partial charge in [0, 0.05) is 56.0 Å². The molecule has 0 aromatic carbocycles. The first kappa shape index (κ1) is 17.4. The molecule has 0 radical (unpaired) electrons. The fourth-order valence-corrected chi connectivity index (χ4v) is 3.09. The second-order valence-corrected chi connectivity index (χ2v) is 6.77. The number of hydrogen-bond acceptors (Lipinski definition) is 6. The third kappa shape index (κ3) is 3.61. The maximum absolute atomic E-state index is 14.9. The van der Waals surface area contributed by atoms with Gasteiger partial charge in [0.1, 0.15) is 11.5 Å². The van der Waals surface area contributed by atoms with E-state index in [1.807, 2.05) is 24.1 Å². The van der Waals surface area contributed by atoms with Gasteiger partial charge in [0.05, 0.1) is 17.4 Å². The van der Waals surface area contributed by atoms with E-state index >= 15 is 0 Å². The molecule has 1 saturated heterocycles. The smallest absolute Gasteiger partial charge is 0.263 e. The van der Waals surface area contributed by atoms with Gasteiger partial charge in [0.25, 0.3) is 5.91 Å². The van der Waals surface area contributed by atoms with Crippen LogP contribution in [0.4, 0.5) is 10.2 Å². The van der Waals surface area contributed by atoms with Gasteiger partial charge in [-0.3, -0.25) is 14.8 Å². The van der Waals surface area contributed by atoms with Gasteiger partial charge in [-0.15, -0.1) is 0 Å². The zero-order valence-corrected chi connectivity index (χ0v) is 14.9. The lowest BCUT2D eigenvalue weighted by molar-refractivity contribution is -0.130. The SMILES string of the molecule is CN1CCC(F)(C(=O)Nc2cc3nc(-c4cnccn4)ccc3cn2)CC1. The highest BCUT2D eigenvalue weighted by Gasteiger charge is 2.41. The molecule has 0 unspecified atom stereocenters. The third-order valence-electron chi connectivity index (χ3n) is 4.83. The molecule has 138 valence electrons. The van der Waals surface area contributed by atoms with Crippen molar-refractivity contribution in [3.05, 3.63) is 43.0 Å². The molecule has 0 spiro atoms. The average molecular weight is 366 g/mol. The summed E-state index contributed by atoms with van der Waals surface area (Å²) in [5.41, 5.74) is 0.0878. The van der Waals surface area contributed by atoms with Crippen molar-refractivity contribution < 1.29 is 9.18 Å². The summed E-state index contributed by atoms with van der Waals surface area (Å²) in [5, 5.41) is 3.42. The molecule has 3 aromatic heterocycles. The number of halogens is 1. The van der Waals surface area contributed by atoms with Crippen molar-refractivity contribution in [1.29, 1.82) is 0 Å². The Morgan fingerprint density at radius 2 is 1.96 bits per heavy atom. The first-order chi connectivity index (χ1) is 13.0. The highest BCUT2D eigenvalue weighted by atomic mass is 19.1. The fraction of sp³-hybridized carbons (Fsp3) is 0.316. The molecule has 1 N–H and O–H groups in total. The maximum atomic E-state index is 14.9. The van der Waals surface area contributed by atoms with E-state index in [2.05, 4.69) is 25.3 Å². The number of carbonyl (C=O) groups excluding carboxylic acids is 1. The summed E-state index contributed by atoms with van der Waals surface area (Å²) in [6, 6.07) is 5.35. The summed E-state index contributed by atoms with van der Waals surface area (Å²) in [5.74, 6) is -0.361. The van der Waals surface area contributed by atoms with E-state index in [1.54, 1.807) is 30.9 Å². The van der Waals surface area contributed by atoms with Crippen molar-refractivity contribution in [3.8, 4) is 11.4 Å². The van der Waals surface area contributed by atoms with E-state index in [4.69, 9.17) is 0 Å². The number of nitrogens with one attached hydrogen (secondary N) is 1. The standard InChI is InChI=1S/C19H19FN6O/c1-26-8-4-19(20,5-9-26)18(27)25-17-10-15-13(11-23-17)2-3-14(24-15)16-12-21-6-7-22-16/h2-3,6-7,10-12H,4-5,8-9H2,1H3,(H,23,25,27). The summed E-state index contributed by atoms with van der Waals surface area (Å²) in [6.45, 7) is 1.11. The van der Waals surface area contributed by atoms with E-state index in [1.165, 1.54) is 0 Å². The number of hydrogen-bond donors (Lipinski definition) is 1. The second kappa shape index (κ2) is 6.96. The summed E-state index contributed by atoms with van der Waals surface area (Å²) < 4.78 is 14.9. The molecule has 1 amide bonds. The Labute approximate surface area is 155 Å². The lowest BCUT2D eigenvalue weighted by atomic mass is 9.92. The van der Waals surface area contributed by atoms with Gasteiger partial charge < -0.3 is 10.2 Å². The molecule has 4 rings (SSSR count). The molecule has 8 heteroatoms. The summed E-state index contributed by atoms with van der Waals surface area (Å²) in [6.07, 6.45) is 6.79. The van der Waals surface area contributed by atoms with Gasteiger partial charge in [0.15, 0.2) is 5.67 Å². The van der Waals surface area contributed by atoms with Gasteiger partial charge in [-0.2, -0.15) is 0 Å². The quantitative estimate of drug-likeness (QED) is 0.767. The number of alkyl halides is 1. The largest absolute Gasteiger partial charge is 0.308 e. The number of rotatable bonds is 3. The van der Waals surface area contributed by atoms with Crippen molar-refractivity contribution in [2.24, 2.45) is 0 Å². The van der Waals surface area contributed by atoms with Crippen LogP contribution in [0, 0.1) is 0 Å². The van der Waals surface area contributed by atoms with E-state index < -0.39 is 11.6 Å². The molecule has 7 nitrogen and oxygen atoms in total. The number of anilines is 1. The Balaban J connectivity index is 1.58. The first-order valence-corrected chi connectivity index (χ1v) is 8.76. The van der Waals surface area contributed by atoms with Gasteiger partial charge in [-0.25, -0.2) is 14.4 Å². The molecule has 0 saturated carbocycles. The lowest BCUT2D eigenvalue weighted by Gasteiger charge is -2.33. The van der Waals surface area contributed by atoms with Crippen molar-refractivity contribution in [2.75, 3.05) is 25.5 Å². The molecule has 27 heavy (non-hydrogen) atoms. The van der Waals surface area contributed by atoms with Crippen LogP contribution in [0.2, 0.25) is 0 Å². The highest BCUT2D eigenvalue weighted by Crippen LogP contribution is 2.28. The van der Waals surface area contributed by atoms with Crippen LogP contribution in [0.1, 0.15) is 12.8 Å². The Bertz CT molecular complexity index is 972. The number of fused-ring (bicyclic) bond motifs is 1. The second-order valence-electron chi connectivity index (χ2n) is 6.77. The number of carbonyl (C=O) groups is 1. The topological polar surface area (TPSA) is 83.9 Å². The lowest BCUT2D eigenvalue weighted by Crippen LogP contribution is -2.47. The number of piperidine rings is 1. The molecule has 1 fully saturated rings. The van der Waals surface area contributed by atoms with Crippen LogP contribution in [0.5, 0.6) is 0 Å². The van der Waals surface area contributed by atoms with Crippen LogP contribution in [-0.2, 0) is 4.79 Å². The van der Waals surface area contributed by atoms with E-state index in [-0.39, 0.29) is 18.7 Å². The predicted octanol–water partition coefficient (Wildman–Crippen LogP) is 2.46. The van der Waals surface area contributed by atoms with Crippen molar-refractivity contribution >= 4 is 22.6 Å². The number of likely N-dealkylation sites (tertiary alicyclic amines) is 1. The van der Waals surface area contributed by atoms with Crippen LogP contribution in [-0.4, -0.2) is 56.5 Å². The normalized spacial score (nSPS) is 17.0. The molecular weight excluding hydrogens is 347 g/mol. The van der Waals surface area contributed by atoms with Crippen LogP contribution >= 0.6 is 0 Å². The third-order valence-corrected chi connectivity index (χ3v) is 4.83. The molecule has 3 aromatic rings. The van der Waals surface area contributed by atoms with E-state index in [0.29, 0.717) is 30.0 Å². The minimum Gasteiger partial charge on any atom is -0.308 e. The average Bonchev–Trinajstić information content (AvgIpc) is 2.70. The van der Waals surface area contributed by atoms with Crippen molar-refractivity contribution in [3.63, 3.8) is 0 Å². The Kier molecular flexibility index (Phi) is 4.49. The van der Waals surface area contributed by atoms with Crippen molar-refractivity contribution in [1.82, 2.24) is 24.8 Å². The molecular formula is C19H19FN6O. The number of aromatic nitrogens is 4. The van der Waals surface area contributed by atoms with Crippen LogP contribution in [0.3, 0.4) is 0 Å². The number of amides is 1. The monoisotopic (exact) mass is 366 g/mol. The predicted molar refractivity (Wildman–Crippen MR) is 99.8 cm³/mol. The summed E-state index contributed by atoms with van der Waals surface area (Å²) >= 11 is 0. The summed E-state index contributed by atoms with van der Waals surface area (Å²) in [4.78, 5) is 31.5. The minimum absolute atomic E-state index is 0.179. The Hall–Kier alpha value is -3.00. The van der Waals surface area contributed by atoms with Gasteiger partial charge in [-0.1, -0.05) is 0 Å². The minimum atomic E-state index is -1.86. The molecule has 1 aliphatic heterocycles. The van der Waals surface area contributed by atoms with Crippen LogP contribution < -0.4 is 5.32 Å². The molecule has 0 bridgehead atoms. The summed E-state index contributed by atoms with van der Waals surface area (Å²) in [7, 11) is 1.92. The van der Waals surface area contributed by atoms with Gasteiger partial charge in [-0.05, 0) is 19.2 Å². The molecule has 4 heterocycles. The van der Waals surface area contributed by atoms with Gasteiger partial charge >= 0.3 is 0 Å². The molecule has 1 aliphatic rings. The highest BCUT2D eigenvalue weighted by molar-refractivity contribution is 5.97. The Morgan fingerprint density at radius 3 is 2.70 bits per heavy atom. The maximum Gasteiger partial charge on any atom is 0.263 e. The number of pyridine rings is 2. The molecule has 0 aliphatic carbocycles. The fourth-order valence-electron chi connectivity index (χ4n) is 3.09. The van der Waals surface area contributed by atoms with E-state index in [0.717, 1.165) is 5.39 Å².